The zero-order chi connectivity index (χ0) is 16.4. The number of ether oxygens (including phenoxy) is 1. The van der Waals surface area contributed by atoms with Crippen molar-refractivity contribution in [2.24, 2.45) is 0 Å². The molecule has 1 aromatic heterocycles. The fraction of sp³-hybridized carbons (Fsp3) is 0.600. The number of hydrogen-bond donors (Lipinski definition) is 1. The minimum absolute atomic E-state index is 0.000418. The van der Waals surface area contributed by atoms with Gasteiger partial charge in [0.2, 0.25) is 5.91 Å². The summed E-state index contributed by atoms with van der Waals surface area (Å²) in [6.45, 7) is 2.24. The average molecular weight is 337 g/mol. The van der Waals surface area contributed by atoms with Crippen molar-refractivity contribution >= 4 is 34.3 Å². The van der Waals surface area contributed by atoms with E-state index in [1.807, 2.05) is 0 Å². The summed E-state index contributed by atoms with van der Waals surface area (Å²) in [6, 6.07) is 0.239. The molecule has 3 rings (SSSR count). The van der Waals surface area contributed by atoms with Crippen LogP contribution in [0.4, 0.5) is 5.13 Å². The molecule has 2 heterocycles. The molecule has 1 saturated heterocycles. The van der Waals surface area contributed by atoms with Crippen molar-refractivity contribution in [1.82, 2.24) is 10.3 Å². The summed E-state index contributed by atoms with van der Waals surface area (Å²) in [7, 11) is 0. The summed E-state index contributed by atoms with van der Waals surface area (Å²) in [5, 5.41) is 5.16. The Morgan fingerprint density at radius 3 is 2.96 bits per heavy atom. The Morgan fingerprint density at radius 2 is 2.30 bits per heavy atom. The molecule has 1 atom stereocenters. The van der Waals surface area contributed by atoms with Crippen molar-refractivity contribution in [2.75, 3.05) is 11.4 Å². The number of anilines is 1. The molecule has 23 heavy (non-hydrogen) atoms. The van der Waals surface area contributed by atoms with E-state index in [1.165, 1.54) is 11.3 Å². The quantitative estimate of drug-likeness (QED) is 0.783. The standard InChI is InChI=1S/C15H19N3O4S/c1-9(14(21)16-10-4-5-10)22-13(20)7-11-8-23-15(17-11)18-6-2-3-12(18)19/h8-10H,2-7H2,1H3,(H,16,21)/t9-/m0/s1. The van der Waals surface area contributed by atoms with Gasteiger partial charge in [-0.25, -0.2) is 4.98 Å². The Labute approximate surface area is 138 Å². The van der Waals surface area contributed by atoms with Crippen LogP contribution in [0.15, 0.2) is 5.38 Å². The third-order valence-corrected chi connectivity index (χ3v) is 4.68. The molecular formula is C15H19N3O4S. The zero-order valence-electron chi connectivity index (χ0n) is 12.9. The van der Waals surface area contributed by atoms with Gasteiger partial charge in [-0.2, -0.15) is 0 Å². The van der Waals surface area contributed by atoms with Crippen LogP contribution in [-0.2, 0) is 25.5 Å². The van der Waals surface area contributed by atoms with Gasteiger partial charge in [-0.3, -0.25) is 19.3 Å². The average Bonchev–Trinajstić information content (AvgIpc) is 3.02. The van der Waals surface area contributed by atoms with Gasteiger partial charge in [0.25, 0.3) is 5.91 Å². The molecule has 1 aliphatic carbocycles. The summed E-state index contributed by atoms with van der Waals surface area (Å²) in [4.78, 5) is 41.3. The minimum atomic E-state index is -0.804. The molecule has 1 N–H and O–H groups in total. The number of carbonyl (C=O) groups is 3. The lowest BCUT2D eigenvalue weighted by atomic mass is 10.3. The Balaban J connectivity index is 1.50. The lowest BCUT2D eigenvalue weighted by molar-refractivity contribution is -0.154. The van der Waals surface area contributed by atoms with E-state index in [2.05, 4.69) is 10.3 Å². The van der Waals surface area contributed by atoms with E-state index in [-0.39, 0.29) is 24.3 Å². The normalized spacial score (nSPS) is 18.8. The van der Waals surface area contributed by atoms with E-state index in [9.17, 15) is 14.4 Å². The molecule has 2 amide bonds. The van der Waals surface area contributed by atoms with Gasteiger partial charge in [0, 0.05) is 24.4 Å². The van der Waals surface area contributed by atoms with Crippen molar-refractivity contribution in [3.05, 3.63) is 11.1 Å². The van der Waals surface area contributed by atoms with E-state index < -0.39 is 12.1 Å². The predicted octanol–water partition coefficient (Wildman–Crippen LogP) is 1.02. The van der Waals surface area contributed by atoms with Crippen LogP contribution in [0.5, 0.6) is 0 Å². The monoisotopic (exact) mass is 337 g/mol. The lowest BCUT2D eigenvalue weighted by Crippen LogP contribution is -2.37. The fourth-order valence-electron chi connectivity index (χ4n) is 2.34. The van der Waals surface area contributed by atoms with Crippen molar-refractivity contribution in [2.45, 2.75) is 51.2 Å². The summed E-state index contributed by atoms with van der Waals surface area (Å²) in [5.74, 6) is -0.686. The van der Waals surface area contributed by atoms with E-state index >= 15 is 0 Å². The first-order chi connectivity index (χ1) is 11.0. The van der Waals surface area contributed by atoms with Gasteiger partial charge in [-0.05, 0) is 26.2 Å². The molecule has 0 unspecified atom stereocenters. The van der Waals surface area contributed by atoms with Crippen molar-refractivity contribution in [3.8, 4) is 0 Å². The summed E-state index contributed by atoms with van der Waals surface area (Å²) < 4.78 is 5.13. The highest BCUT2D eigenvalue weighted by Crippen LogP contribution is 2.25. The maximum Gasteiger partial charge on any atom is 0.312 e. The molecule has 0 spiro atoms. The largest absolute Gasteiger partial charge is 0.452 e. The van der Waals surface area contributed by atoms with Gasteiger partial charge in [0.15, 0.2) is 11.2 Å². The van der Waals surface area contributed by atoms with Crippen LogP contribution in [0.3, 0.4) is 0 Å². The molecule has 1 saturated carbocycles. The molecule has 2 fully saturated rings. The third kappa shape index (κ3) is 4.07. The number of nitrogens with one attached hydrogen (secondary N) is 1. The molecule has 1 aliphatic heterocycles. The van der Waals surface area contributed by atoms with Crippen molar-refractivity contribution in [3.63, 3.8) is 0 Å². The first-order valence-corrected chi connectivity index (χ1v) is 8.65. The summed E-state index contributed by atoms with van der Waals surface area (Å²) in [5.41, 5.74) is 0.560. The Bertz CT molecular complexity index is 626. The molecule has 124 valence electrons. The highest BCUT2D eigenvalue weighted by Gasteiger charge is 2.28. The second-order valence-electron chi connectivity index (χ2n) is 5.86. The number of nitrogens with zero attached hydrogens (tertiary/aromatic N) is 2. The molecule has 0 radical (unpaired) electrons. The van der Waals surface area contributed by atoms with Crippen LogP contribution in [-0.4, -0.2) is 41.5 Å². The Hall–Kier alpha value is -1.96. The van der Waals surface area contributed by atoms with Gasteiger partial charge in [-0.15, -0.1) is 11.3 Å². The molecule has 0 bridgehead atoms. The van der Waals surface area contributed by atoms with Gasteiger partial charge in [-0.1, -0.05) is 0 Å². The van der Waals surface area contributed by atoms with Crippen LogP contribution in [0.25, 0.3) is 0 Å². The molecule has 8 heteroatoms. The van der Waals surface area contributed by atoms with E-state index in [0.29, 0.717) is 23.8 Å². The van der Waals surface area contributed by atoms with Gasteiger partial charge in [0.1, 0.15) is 0 Å². The molecule has 1 aromatic rings. The van der Waals surface area contributed by atoms with Gasteiger partial charge in [0.05, 0.1) is 12.1 Å². The topological polar surface area (TPSA) is 88.6 Å². The first-order valence-electron chi connectivity index (χ1n) is 7.77. The number of carbonyl (C=O) groups excluding carboxylic acids is 3. The number of esters is 1. The van der Waals surface area contributed by atoms with Crippen LogP contribution in [0, 0.1) is 0 Å². The second-order valence-corrected chi connectivity index (χ2v) is 6.70. The van der Waals surface area contributed by atoms with Crippen molar-refractivity contribution < 1.29 is 19.1 Å². The maximum atomic E-state index is 11.9. The predicted molar refractivity (Wildman–Crippen MR) is 84.1 cm³/mol. The van der Waals surface area contributed by atoms with Crippen LogP contribution in [0.1, 0.15) is 38.3 Å². The highest BCUT2D eigenvalue weighted by molar-refractivity contribution is 7.14. The Morgan fingerprint density at radius 1 is 1.52 bits per heavy atom. The number of thiazole rings is 1. The molecule has 7 nitrogen and oxygen atoms in total. The SMILES string of the molecule is C[C@H](OC(=O)Cc1csc(N2CCCC2=O)n1)C(=O)NC1CC1. The maximum absolute atomic E-state index is 11.9. The number of aromatic nitrogens is 1. The number of hydrogen-bond acceptors (Lipinski definition) is 6. The molecule has 0 aromatic carbocycles. The summed E-state index contributed by atoms with van der Waals surface area (Å²) in [6.07, 6.45) is 2.56. The molecule has 2 aliphatic rings. The third-order valence-electron chi connectivity index (χ3n) is 3.77. The number of rotatable bonds is 6. The summed E-state index contributed by atoms with van der Waals surface area (Å²) >= 11 is 1.34. The van der Waals surface area contributed by atoms with Crippen LogP contribution < -0.4 is 10.2 Å². The fourth-order valence-corrected chi connectivity index (χ4v) is 3.21. The van der Waals surface area contributed by atoms with Crippen molar-refractivity contribution in [1.29, 1.82) is 0 Å². The van der Waals surface area contributed by atoms with Crippen LogP contribution >= 0.6 is 11.3 Å². The zero-order valence-corrected chi connectivity index (χ0v) is 13.7. The minimum Gasteiger partial charge on any atom is -0.452 e. The smallest absolute Gasteiger partial charge is 0.312 e. The van der Waals surface area contributed by atoms with E-state index in [0.717, 1.165) is 19.3 Å². The highest BCUT2D eigenvalue weighted by atomic mass is 32.1. The van der Waals surface area contributed by atoms with Gasteiger partial charge < -0.3 is 10.1 Å². The number of amides is 2. The first kappa shape index (κ1) is 15.9. The lowest BCUT2D eigenvalue weighted by Gasteiger charge is -2.12. The Kier molecular flexibility index (Phi) is 4.61. The van der Waals surface area contributed by atoms with Crippen LogP contribution in [0.2, 0.25) is 0 Å². The molecular weight excluding hydrogens is 318 g/mol. The van der Waals surface area contributed by atoms with E-state index in [4.69, 9.17) is 4.74 Å². The van der Waals surface area contributed by atoms with E-state index in [1.54, 1.807) is 17.2 Å². The second kappa shape index (κ2) is 6.66. The van der Waals surface area contributed by atoms with Gasteiger partial charge >= 0.3 is 5.97 Å².